The van der Waals surface area contributed by atoms with Crippen LogP contribution < -0.4 is 25.8 Å². The smallest absolute Gasteiger partial charge is 0.227 e. The number of benzene rings is 3. The molecule has 0 radical (unpaired) electrons. The zero-order chi connectivity index (χ0) is 33.4. The number of hydrogen-bond acceptors (Lipinski definition) is 10. The maximum absolute atomic E-state index is 9.06. The van der Waals surface area contributed by atoms with Crippen LogP contribution in [0.5, 0.6) is 0 Å². The lowest BCUT2D eigenvalue weighted by molar-refractivity contribution is -0.104. The fourth-order valence-corrected chi connectivity index (χ4v) is 5.31. The SMILES string of the molecule is C=CC=O.CC.CNc1cccc(-c2nc(Nc3ccc(Cl)c(N4CCOCC4)c3)ncc2Nc2ccc(N3CCOCC3)cc2)c1. The van der Waals surface area contributed by atoms with Gasteiger partial charge in [0.15, 0.2) is 0 Å². The highest BCUT2D eigenvalue weighted by Crippen LogP contribution is 2.34. The van der Waals surface area contributed by atoms with Gasteiger partial charge in [-0.2, -0.15) is 0 Å². The third-order valence-electron chi connectivity index (χ3n) is 7.39. The van der Waals surface area contributed by atoms with Gasteiger partial charge in [-0.1, -0.05) is 44.2 Å². The van der Waals surface area contributed by atoms with Crippen LogP contribution in [-0.4, -0.2) is 75.9 Å². The van der Waals surface area contributed by atoms with Crippen LogP contribution in [0.2, 0.25) is 5.02 Å². The molecule has 11 heteroatoms. The van der Waals surface area contributed by atoms with Crippen molar-refractivity contribution >= 4 is 58.0 Å². The van der Waals surface area contributed by atoms with Crippen molar-refractivity contribution in [1.82, 2.24) is 9.97 Å². The number of nitrogens with zero attached hydrogens (tertiary/aromatic N) is 4. The lowest BCUT2D eigenvalue weighted by Gasteiger charge is -2.30. The number of halogens is 1. The zero-order valence-electron chi connectivity index (χ0n) is 27.3. The second-order valence-electron chi connectivity index (χ2n) is 10.3. The Hall–Kier alpha value is -4.64. The van der Waals surface area contributed by atoms with E-state index in [0.29, 0.717) is 30.5 Å². The van der Waals surface area contributed by atoms with Gasteiger partial charge in [0.05, 0.1) is 54.7 Å². The van der Waals surface area contributed by atoms with Crippen LogP contribution in [0.3, 0.4) is 0 Å². The van der Waals surface area contributed by atoms with Gasteiger partial charge in [0, 0.05) is 61.5 Å². The number of aromatic nitrogens is 2. The fourth-order valence-electron chi connectivity index (χ4n) is 5.07. The average Bonchev–Trinajstić information content (AvgIpc) is 3.15. The molecule has 0 atom stereocenters. The molecule has 0 bridgehead atoms. The minimum Gasteiger partial charge on any atom is -0.388 e. The Balaban J connectivity index is 0.000000776. The molecule has 0 aliphatic carbocycles. The molecule has 0 unspecified atom stereocenters. The van der Waals surface area contributed by atoms with Gasteiger partial charge in [-0.25, -0.2) is 9.97 Å². The summed E-state index contributed by atoms with van der Waals surface area (Å²) in [5.74, 6) is 0.498. The molecule has 4 aromatic rings. The maximum Gasteiger partial charge on any atom is 0.227 e. The van der Waals surface area contributed by atoms with E-state index in [9.17, 15) is 0 Å². The van der Waals surface area contributed by atoms with Crippen LogP contribution in [0.25, 0.3) is 11.3 Å². The van der Waals surface area contributed by atoms with Gasteiger partial charge in [-0.05, 0) is 60.7 Å². The van der Waals surface area contributed by atoms with Crippen LogP contribution in [0.4, 0.5) is 40.1 Å². The van der Waals surface area contributed by atoms with Crippen molar-refractivity contribution in [2.75, 3.05) is 85.4 Å². The number of hydrogen-bond donors (Lipinski definition) is 3. The highest BCUT2D eigenvalue weighted by Gasteiger charge is 2.17. The van der Waals surface area contributed by atoms with Crippen LogP contribution in [0, 0.1) is 0 Å². The van der Waals surface area contributed by atoms with E-state index >= 15 is 0 Å². The molecule has 2 saturated heterocycles. The van der Waals surface area contributed by atoms with E-state index in [4.69, 9.17) is 30.9 Å². The van der Waals surface area contributed by atoms with E-state index in [1.54, 1.807) is 0 Å². The van der Waals surface area contributed by atoms with Crippen molar-refractivity contribution in [3.05, 3.63) is 90.6 Å². The summed E-state index contributed by atoms with van der Waals surface area (Å²) in [6.07, 6.45) is 3.66. The van der Waals surface area contributed by atoms with Gasteiger partial charge >= 0.3 is 0 Å². The van der Waals surface area contributed by atoms with E-state index in [0.717, 1.165) is 79.1 Å². The Morgan fingerprint density at radius 2 is 1.47 bits per heavy atom. The number of carbonyl (C=O) groups excluding carboxylic acids is 1. The fraction of sp³-hybridized carbons (Fsp3) is 0.306. The molecule has 47 heavy (non-hydrogen) atoms. The molecule has 1 aromatic heterocycles. The molecule has 3 N–H and O–H groups in total. The van der Waals surface area contributed by atoms with Crippen LogP contribution >= 0.6 is 11.6 Å². The molecule has 2 aliphatic heterocycles. The number of aldehydes is 1. The molecule has 0 spiro atoms. The Morgan fingerprint density at radius 3 is 2.11 bits per heavy atom. The predicted molar refractivity (Wildman–Crippen MR) is 195 cm³/mol. The minimum atomic E-state index is 0.498. The standard InChI is InChI=1S/C31H34ClN7O2.C3H4O.C2H6/c1-33-24-4-2-3-22(19-24)30-28(35-23-5-8-26(9-6-23)38-11-15-40-16-12-38)21-34-31(37-30)36-25-7-10-27(32)29(20-25)39-13-17-41-18-14-39;1-2-3-4;1-2/h2-10,19-21,33,35H,11-18H2,1H3,(H,34,36,37);2-3H,1H2;1-2H3. The molecular weight excluding hydrogens is 614 g/mol. The summed E-state index contributed by atoms with van der Waals surface area (Å²) in [5, 5.41) is 10.9. The molecule has 3 heterocycles. The van der Waals surface area contributed by atoms with E-state index in [1.807, 2.05) is 57.4 Å². The molecule has 0 saturated carbocycles. The number of morpholine rings is 2. The first kappa shape index (κ1) is 35.2. The highest BCUT2D eigenvalue weighted by molar-refractivity contribution is 6.33. The molecule has 10 nitrogen and oxygen atoms in total. The normalized spacial score (nSPS) is 14.0. The predicted octanol–water partition coefficient (Wildman–Crippen LogP) is 7.40. The van der Waals surface area contributed by atoms with E-state index in [2.05, 4.69) is 73.7 Å². The van der Waals surface area contributed by atoms with Gasteiger partial charge in [0.25, 0.3) is 0 Å². The van der Waals surface area contributed by atoms with Crippen molar-refractivity contribution in [1.29, 1.82) is 0 Å². The first-order valence-electron chi connectivity index (χ1n) is 15.9. The summed E-state index contributed by atoms with van der Waals surface area (Å²) in [5.41, 5.74) is 7.57. The Kier molecular flexibility index (Phi) is 13.9. The lowest BCUT2D eigenvalue weighted by Crippen LogP contribution is -2.36. The van der Waals surface area contributed by atoms with Crippen molar-refractivity contribution in [3.63, 3.8) is 0 Å². The van der Waals surface area contributed by atoms with Crippen molar-refractivity contribution in [3.8, 4) is 11.3 Å². The minimum absolute atomic E-state index is 0.498. The van der Waals surface area contributed by atoms with E-state index in [1.165, 1.54) is 11.8 Å². The quantitative estimate of drug-likeness (QED) is 0.125. The third kappa shape index (κ3) is 9.92. The Bertz CT molecular complexity index is 1570. The van der Waals surface area contributed by atoms with Gasteiger partial charge in [-0.15, -0.1) is 0 Å². The molecule has 0 amide bonds. The van der Waals surface area contributed by atoms with Crippen molar-refractivity contribution in [2.24, 2.45) is 0 Å². The number of anilines is 7. The monoisotopic (exact) mass is 657 g/mol. The number of nitrogens with one attached hydrogen (secondary N) is 3. The zero-order valence-corrected chi connectivity index (χ0v) is 28.1. The van der Waals surface area contributed by atoms with Crippen molar-refractivity contribution in [2.45, 2.75) is 13.8 Å². The Morgan fingerprint density at radius 1 is 0.830 bits per heavy atom. The molecule has 2 fully saturated rings. The number of carbonyl (C=O) groups is 1. The molecule has 3 aromatic carbocycles. The third-order valence-corrected chi connectivity index (χ3v) is 7.71. The molecule has 6 rings (SSSR count). The molecular formula is C36H44ClN7O3. The largest absolute Gasteiger partial charge is 0.388 e. The first-order valence-corrected chi connectivity index (χ1v) is 16.3. The van der Waals surface area contributed by atoms with Crippen LogP contribution in [-0.2, 0) is 14.3 Å². The van der Waals surface area contributed by atoms with Gasteiger partial charge in [0.2, 0.25) is 5.95 Å². The van der Waals surface area contributed by atoms with Crippen LogP contribution in [0.15, 0.2) is 85.6 Å². The summed E-state index contributed by atoms with van der Waals surface area (Å²) in [6.45, 7) is 13.4. The molecule has 248 valence electrons. The van der Waals surface area contributed by atoms with Gasteiger partial charge < -0.3 is 35.2 Å². The number of ether oxygens (including phenoxy) is 2. The summed E-state index contributed by atoms with van der Waals surface area (Å²) in [7, 11) is 1.91. The second kappa shape index (κ2) is 18.5. The summed E-state index contributed by atoms with van der Waals surface area (Å²) in [6, 6.07) is 22.5. The number of rotatable bonds is 9. The second-order valence-corrected chi connectivity index (χ2v) is 10.7. The Labute approximate surface area is 282 Å². The van der Waals surface area contributed by atoms with Gasteiger partial charge in [-0.3, -0.25) is 4.79 Å². The summed E-state index contributed by atoms with van der Waals surface area (Å²) < 4.78 is 11.0. The van der Waals surface area contributed by atoms with Crippen LogP contribution in [0.1, 0.15) is 13.8 Å². The van der Waals surface area contributed by atoms with E-state index < -0.39 is 0 Å². The molecule has 2 aliphatic rings. The summed E-state index contributed by atoms with van der Waals surface area (Å²) >= 11 is 6.55. The highest BCUT2D eigenvalue weighted by atomic mass is 35.5. The maximum atomic E-state index is 9.06. The summed E-state index contributed by atoms with van der Waals surface area (Å²) in [4.78, 5) is 23.3. The topological polar surface area (TPSA) is 104 Å². The van der Waals surface area contributed by atoms with Gasteiger partial charge in [0.1, 0.15) is 6.29 Å². The van der Waals surface area contributed by atoms with Crippen molar-refractivity contribution < 1.29 is 14.3 Å². The lowest BCUT2D eigenvalue weighted by atomic mass is 10.1. The first-order chi connectivity index (χ1) is 23.1. The van der Waals surface area contributed by atoms with E-state index in [-0.39, 0.29) is 0 Å². The average molecular weight is 658 g/mol. The number of allylic oxidation sites excluding steroid dienone is 1.